The van der Waals surface area contributed by atoms with E-state index in [1.165, 1.54) is 11.1 Å². The second-order valence-electron chi connectivity index (χ2n) is 6.89. The van der Waals surface area contributed by atoms with Gasteiger partial charge in [-0.3, -0.25) is 0 Å². The Kier molecular flexibility index (Phi) is 14.7. The van der Waals surface area contributed by atoms with Gasteiger partial charge in [0.15, 0.2) is 5.82 Å². The molecule has 0 bridgehead atoms. The van der Waals surface area contributed by atoms with Crippen LogP contribution in [0.5, 0.6) is 0 Å². The second-order valence-corrected chi connectivity index (χ2v) is 10.1. The Morgan fingerprint density at radius 2 is 1.29 bits per heavy atom. The van der Waals surface area contributed by atoms with E-state index in [2.05, 4.69) is 82.8 Å². The van der Waals surface area contributed by atoms with Crippen molar-refractivity contribution in [1.82, 2.24) is 4.98 Å². The van der Waals surface area contributed by atoms with Crippen LogP contribution in [0.4, 0.5) is 36.7 Å². The average molecular weight is 905 g/mol. The molecule has 0 saturated carbocycles. The zero-order valence-electron chi connectivity index (χ0n) is 18.2. The molecule has 0 fully saturated rings. The van der Waals surface area contributed by atoms with Gasteiger partial charge in [-0.15, -0.1) is 10.2 Å². The molecule has 0 aliphatic heterocycles. The molecule has 34 heavy (non-hydrogen) atoms. The molecule has 3 rings (SSSR count). The van der Waals surface area contributed by atoms with Crippen LogP contribution in [0.15, 0.2) is 83.2 Å². The summed E-state index contributed by atoms with van der Waals surface area (Å²) in [5, 5.41) is 8.09. The molecule has 3 nitrogen and oxygen atoms in total. The number of hydrogen-bond acceptors (Lipinski definition) is 3. The van der Waals surface area contributed by atoms with E-state index in [0.29, 0.717) is 11.7 Å². The van der Waals surface area contributed by atoms with Gasteiger partial charge >= 0.3 is 52.8 Å². The molecule has 0 amide bonds. The molecule has 0 unspecified atom stereocenters. The monoisotopic (exact) mass is 907 g/mol. The summed E-state index contributed by atoms with van der Waals surface area (Å²) in [7, 11) is -10.7. The third kappa shape index (κ3) is 21.8. The van der Waals surface area contributed by atoms with E-state index < -0.39 is 7.81 Å². The predicted octanol–water partition coefficient (Wildman–Crippen LogP) is 7.60. The molecular formula is C21H22F6I2N3OsP+2. The van der Waals surface area contributed by atoms with Crippen LogP contribution in [0.2, 0.25) is 0 Å². The van der Waals surface area contributed by atoms with Crippen molar-refractivity contribution in [2.75, 3.05) is 0 Å². The van der Waals surface area contributed by atoms with Crippen LogP contribution in [-0.2, 0) is 19.8 Å². The summed E-state index contributed by atoms with van der Waals surface area (Å²) in [4.78, 5) is 4.13. The molecule has 1 aromatic heterocycles. The number of azo groups is 1. The molecule has 3 aromatic rings. The zero-order chi connectivity index (χ0) is 24.5. The Labute approximate surface area is 238 Å². The molecule has 188 valence electrons. The summed E-state index contributed by atoms with van der Waals surface area (Å²) in [5.74, 6) is 1.28. The van der Waals surface area contributed by atoms with Gasteiger partial charge in [-0.1, -0.05) is 61.9 Å². The van der Waals surface area contributed by atoms with E-state index in [9.17, 15) is 25.2 Å². The summed E-state index contributed by atoms with van der Waals surface area (Å²) >= 11 is 2.20. The fourth-order valence-electron chi connectivity index (χ4n) is 1.98. The molecule has 13 heteroatoms. The molecule has 0 aliphatic rings. The van der Waals surface area contributed by atoms with Crippen LogP contribution in [-0.4, -0.2) is 4.98 Å². The van der Waals surface area contributed by atoms with Crippen LogP contribution in [0.3, 0.4) is 0 Å². The van der Waals surface area contributed by atoms with Gasteiger partial charge in [0.2, 0.25) is 0 Å². The molecule has 0 aliphatic carbocycles. The van der Waals surface area contributed by atoms with Crippen molar-refractivity contribution in [3.8, 4) is 0 Å². The molecule has 0 N–H and O–H groups in total. The first-order valence-electron chi connectivity index (χ1n) is 9.21. The summed E-state index contributed by atoms with van der Waals surface area (Å²) in [6.45, 7) is 6.54. The number of hydrogen-bond donors (Lipinski definition) is 0. The molecule has 0 atom stereocenters. The Balaban J connectivity index is 0. The number of halogens is 8. The second kappa shape index (κ2) is 14.1. The van der Waals surface area contributed by atoms with E-state index in [0.717, 1.165) is 9.26 Å². The van der Waals surface area contributed by atoms with Crippen molar-refractivity contribution in [2.24, 2.45) is 10.2 Å². The summed E-state index contributed by atoms with van der Waals surface area (Å²) < 4.78 is 60.3. The smallest absolute Gasteiger partial charge is 1.00 e. The van der Waals surface area contributed by atoms with Crippen molar-refractivity contribution in [1.29, 1.82) is 0 Å². The standard InChI is InChI=1S/C11H8IN3.C10H14.F6P.HI.Os/c12-9-6-7-11(13-8-9)15-14-10-4-2-1-3-5-10;1-8(2)10-6-4-9(3)5-7-10;1-7(2,3,4,5)6;;/h1-8H;4-8H,1-3H3;;1H;/q;;-1;;+4/p-1. The molecule has 0 spiro atoms. The van der Waals surface area contributed by atoms with Gasteiger partial charge in [-0.25, -0.2) is 4.98 Å². The van der Waals surface area contributed by atoms with E-state index in [-0.39, 0.29) is 43.8 Å². The SMILES string of the molecule is Cc1ccc(C(C)C)cc1.F[P-](F)(F)(F)(F)F.Ic1ccc(N=Nc2ccccc2)nc1.[I-].[Os+4]. The van der Waals surface area contributed by atoms with Crippen LogP contribution >= 0.6 is 30.4 Å². The Morgan fingerprint density at radius 1 is 0.794 bits per heavy atom. The number of pyridine rings is 1. The Hall–Kier alpha value is -0.704. The Bertz CT molecular complexity index is 992. The number of rotatable bonds is 3. The normalized spacial score (nSPS) is 12.6. The number of nitrogens with zero attached hydrogens (tertiary/aromatic N) is 3. The van der Waals surface area contributed by atoms with Crippen molar-refractivity contribution in [2.45, 2.75) is 26.7 Å². The number of benzene rings is 2. The van der Waals surface area contributed by atoms with Crippen molar-refractivity contribution >= 4 is 41.9 Å². The maximum Gasteiger partial charge on any atom is 4.00 e. The van der Waals surface area contributed by atoms with E-state index >= 15 is 0 Å². The minimum Gasteiger partial charge on any atom is -1.00 e. The topological polar surface area (TPSA) is 37.6 Å². The van der Waals surface area contributed by atoms with Crippen LogP contribution in [0.25, 0.3) is 0 Å². The van der Waals surface area contributed by atoms with E-state index in [1.807, 2.05) is 42.5 Å². The summed E-state index contributed by atoms with van der Waals surface area (Å²) in [5.41, 5.74) is 3.59. The van der Waals surface area contributed by atoms with Crippen molar-refractivity contribution in [3.63, 3.8) is 0 Å². The third-order valence-electron chi connectivity index (χ3n) is 3.48. The first-order valence-corrected chi connectivity index (χ1v) is 12.3. The molecular weight excluding hydrogens is 883 g/mol. The zero-order valence-corrected chi connectivity index (χ0v) is 25.9. The van der Waals surface area contributed by atoms with Gasteiger partial charge in [0.05, 0.1) is 5.69 Å². The van der Waals surface area contributed by atoms with Gasteiger partial charge in [0, 0.05) is 9.77 Å². The molecule has 1 heterocycles. The fraction of sp³-hybridized carbons (Fsp3) is 0.190. The molecule has 2 aromatic carbocycles. The van der Waals surface area contributed by atoms with Gasteiger partial charge in [-0.05, 0) is 65.3 Å². The largest absolute Gasteiger partial charge is 4.00 e. The van der Waals surface area contributed by atoms with Crippen LogP contribution in [0, 0.1) is 10.5 Å². The summed E-state index contributed by atoms with van der Waals surface area (Å²) in [6, 6.07) is 22.1. The maximum atomic E-state index is 9.87. The average Bonchev–Trinajstić information content (AvgIpc) is 2.67. The first-order chi connectivity index (χ1) is 14.5. The maximum absolute atomic E-state index is 10.7. The number of aromatic nitrogens is 1. The predicted molar refractivity (Wildman–Crippen MR) is 126 cm³/mol. The van der Waals surface area contributed by atoms with Crippen LogP contribution in [0.1, 0.15) is 30.9 Å². The van der Waals surface area contributed by atoms with E-state index in [1.54, 1.807) is 6.20 Å². The minimum atomic E-state index is -10.7. The fourth-order valence-corrected chi connectivity index (χ4v) is 2.30. The molecule has 0 radical (unpaired) electrons. The van der Waals surface area contributed by atoms with Crippen LogP contribution < -0.4 is 24.0 Å². The van der Waals surface area contributed by atoms with Crippen molar-refractivity contribution in [3.05, 3.63) is 87.6 Å². The minimum absolute atomic E-state index is 0. The Morgan fingerprint density at radius 3 is 1.71 bits per heavy atom. The van der Waals surface area contributed by atoms with E-state index in [4.69, 9.17) is 0 Å². The van der Waals surface area contributed by atoms with Crippen molar-refractivity contribution < 1.29 is 68.9 Å². The number of aryl methyl sites for hydroxylation is 1. The quantitative estimate of drug-likeness (QED) is 0.116. The first kappa shape index (κ1) is 35.5. The molecule has 0 saturated heterocycles. The third-order valence-corrected chi connectivity index (χ3v) is 4.12. The van der Waals surface area contributed by atoms with Gasteiger partial charge in [0.25, 0.3) is 0 Å². The van der Waals surface area contributed by atoms with Gasteiger partial charge in [-0.2, -0.15) is 0 Å². The van der Waals surface area contributed by atoms with Gasteiger partial charge in [0.1, 0.15) is 0 Å². The summed E-state index contributed by atoms with van der Waals surface area (Å²) in [6.07, 6.45) is 1.76. The van der Waals surface area contributed by atoms with Gasteiger partial charge < -0.3 is 24.0 Å².